The summed E-state index contributed by atoms with van der Waals surface area (Å²) in [4.78, 5) is 39.2. The van der Waals surface area contributed by atoms with Crippen LogP contribution in [0.15, 0.2) is 72.3 Å². The Morgan fingerprint density at radius 1 is 0.943 bits per heavy atom. The number of thiocarbonyl (C=S) groups is 1. The number of benzene rings is 3. The second-order valence-electron chi connectivity index (χ2n) is 7.24. The van der Waals surface area contributed by atoms with Crippen molar-refractivity contribution >= 4 is 70.1 Å². The van der Waals surface area contributed by atoms with Gasteiger partial charge in [-0.25, -0.2) is 4.79 Å². The highest BCUT2D eigenvalue weighted by Gasteiger charge is 2.34. The SMILES string of the molecule is COc1ccc(N2C(=O)/C(=C\c3ccc(OC(=O)c4ccc(Cl)c(Cl)c4)cc3)C(=O)NC2=S)cc1. The fourth-order valence-electron chi connectivity index (χ4n) is 3.21. The smallest absolute Gasteiger partial charge is 0.343 e. The predicted octanol–water partition coefficient (Wildman–Crippen LogP) is 5.05. The molecule has 35 heavy (non-hydrogen) atoms. The zero-order chi connectivity index (χ0) is 25.1. The number of amides is 2. The lowest BCUT2D eigenvalue weighted by Crippen LogP contribution is -2.54. The lowest BCUT2D eigenvalue weighted by molar-refractivity contribution is -0.122. The average Bonchev–Trinajstić information content (AvgIpc) is 2.84. The molecule has 1 aliphatic rings. The summed E-state index contributed by atoms with van der Waals surface area (Å²) in [5.74, 6) is -0.911. The van der Waals surface area contributed by atoms with Crippen LogP contribution in [0.3, 0.4) is 0 Å². The molecule has 10 heteroatoms. The maximum absolute atomic E-state index is 13.1. The highest BCUT2D eigenvalue weighted by Crippen LogP contribution is 2.26. The fraction of sp³-hybridized carbons (Fsp3) is 0.0400. The van der Waals surface area contributed by atoms with E-state index in [0.717, 1.165) is 0 Å². The quantitative estimate of drug-likeness (QED) is 0.164. The zero-order valence-corrected chi connectivity index (χ0v) is 20.4. The van der Waals surface area contributed by atoms with Crippen LogP contribution in [0, 0.1) is 0 Å². The molecule has 1 aliphatic heterocycles. The van der Waals surface area contributed by atoms with E-state index in [1.54, 1.807) is 48.5 Å². The molecule has 0 saturated carbocycles. The first-order valence-electron chi connectivity index (χ1n) is 10.1. The van der Waals surface area contributed by atoms with E-state index in [1.165, 1.54) is 36.3 Å². The topological polar surface area (TPSA) is 84.9 Å². The van der Waals surface area contributed by atoms with Crippen LogP contribution in [0.25, 0.3) is 6.08 Å². The Bertz CT molecular complexity index is 1370. The van der Waals surface area contributed by atoms with Gasteiger partial charge in [-0.15, -0.1) is 0 Å². The van der Waals surface area contributed by atoms with Gasteiger partial charge >= 0.3 is 5.97 Å². The number of nitrogens with one attached hydrogen (secondary N) is 1. The summed E-state index contributed by atoms with van der Waals surface area (Å²) < 4.78 is 10.5. The second-order valence-corrected chi connectivity index (χ2v) is 8.44. The van der Waals surface area contributed by atoms with Crippen LogP contribution in [0.1, 0.15) is 15.9 Å². The molecule has 1 N–H and O–H groups in total. The van der Waals surface area contributed by atoms with E-state index < -0.39 is 17.8 Å². The van der Waals surface area contributed by atoms with Crippen molar-refractivity contribution in [2.24, 2.45) is 0 Å². The van der Waals surface area contributed by atoms with Crippen molar-refractivity contribution in [2.75, 3.05) is 12.0 Å². The van der Waals surface area contributed by atoms with E-state index in [1.807, 2.05) is 0 Å². The molecule has 3 aromatic carbocycles. The lowest BCUT2D eigenvalue weighted by Gasteiger charge is -2.29. The molecular weight excluding hydrogens is 511 g/mol. The van der Waals surface area contributed by atoms with Crippen LogP contribution in [0.4, 0.5) is 5.69 Å². The Labute approximate surface area is 215 Å². The third kappa shape index (κ3) is 5.35. The van der Waals surface area contributed by atoms with E-state index >= 15 is 0 Å². The third-order valence-electron chi connectivity index (χ3n) is 4.99. The summed E-state index contributed by atoms with van der Waals surface area (Å²) in [7, 11) is 1.53. The van der Waals surface area contributed by atoms with E-state index in [9.17, 15) is 14.4 Å². The number of carbonyl (C=O) groups is 3. The van der Waals surface area contributed by atoms with Crippen molar-refractivity contribution in [3.8, 4) is 11.5 Å². The molecule has 0 radical (unpaired) electrons. The van der Waals surface area contributed by atoms with Crippen molar-refractivity contribution in [3.05, 3.63) is 93.5 Å². The van der Waals surface area contributed by atoms with Crippen molar-refractivity contribution in [3.63, 3.8) is 0 Å². The van der Waals surface area contributed by atoms with Gasteiger partial charge < -0.3 is 9.47 Å². The van der Waals surface area contributed by atoms with Gasteiger partial charge in [0.2, 0.25) is 0 Å². The van der Waals surface area contributed by atoms with Gasteiger partial charge in [0, 0.05) is 0 Å². The Hall–Kier alpha value is -3.72. The highest BCUT2D eigenvalue weighted by atomic mass is 35.5. The minimum Gasteiger partial charge on any atom is -0.497 e. The standard InChI is InChI=1S/C25H16Cl2N2O5S/c1-33-17-9-5-16(6-10-17)29-23(31)19(22(30)28-25(29)35)12-14-2-7-18(8-3-14)34-24(32)15-4-11-20(26)21(27)13-15/h2-13H,1H3,(H,28,30,35)/b19-12-. The zero-order valence-electron chi connectivity index (χ0n) is 18.1. The van der Waals surface area contributed by atoms with Gasteiger partial charge in [0.1, 0.15) is 17.1 Å². The monoisotopic (exact) mass is 526 g/mol. The molecule has 1 saturated heterocycles. The molecule has 0 atom stereocenters. The fourth-order valence-corrected chi connectivity index (χ4v) is 3.79. The maximum atomic E-state index is 13.1. The maximum Gasteiger partial charge on any atom is 0.343 e. The minimum atomic E-state index is -0.611. The van der Waals surface area contributed by atoms with Crippen LogP contribution in [-0.4, -0.2) is 30.0 Å². The molecule has 0 spiro atoms. The molecule has 0 bridgehead atoms. The molecule has 7 nitrogen and oxygen atoms in total. The van der Waals surface area contributed by atoms with Crippen molar-refractivity contribution < 1.29 is 23.9 Å². The van der Waals surface area contributed by atoms with Gasteiger partial charge in [-0.2, -0.15) is 0 Å². The molecular formula is C25H16Cl2N2O5S. The summed E-state index contributed by atoms with van der Waals surface area (Å²) in [6.07, 6.45) is 1.43. The van der Waals surface area contributed by atoms with E-state index in [0.29, 0.717) is 22.0 Å². The third-order valence-corrected chi connectivity index (χ3v) is 6.01. The second kappa shape index (κ2) is 10.3. The van der Waals surface area contributed by atoms with Gasteiger partial charge in [0.15, 0.2) is 5.11 Å². The number of rotatable bonds is 5. The summed E-state index contributed by atoms with van der Waals surface area (Å²) in [5, 5.41) is 3.07. The number of hydrogen-bond donors (Lipinski definition) is 1. The molecule has 0 aliphatic carbocycles. The minimum absolute atomic E-state index is 0.0214. The molecule has 0 unspecified atom stereocenters. The normalized spacial score (nSPS) is 14.7. The van der Waals surface area contributed by atoms with Crippen LogP contribution < -0.4 is 19.7 Å². The summed E-state index contributed by atoms with van der Waals surface area (Å²) in [6, 6.07) is 17.4. The van der Waals surface area contributed by atoms with Crippen LogP contribution in [0.5, 0.6) is 11.5 Å². The van der Waals surface area contributed by atoms with Gasteiger partial charge in [0.25, 0.3) is 11.8 Å². The molecule has 1 fully saturated rings. The molecule has 176 valence electrons. The van der Waals surface area contributed by atoms with Crippen LogP contribution >= 0.6 is 35.4 Å². The molecule has 3 aromatic rings. The van der Waals surface area contributed by atoms with Crippen molar-refractivity contribution in [1.29, 1.82) is 0 Å². The summed E-state index contributed by atoms with van der Waals surface area (Å²) >= 11 is 17.0. The van der Waals surface area contributed by atoms with Crippen LogP contribution in [-0.2, 0) is 9.59 Å². The van der Waals surface area contributed by atoms with E-state index in [2.05, 4.69) is 5.32 Å². The number of hydrogen-bond acceptors (Lipinski definition) is 6. The Kier molecular flexibility index (Phi) is 7.16. The Balaban J connectivity index is 1.53. The van der Waals surface area contributed by atoms with Gasteiger partial charge in [0.05, 0.1) is 28.4 Å². The molecule has 1 heterocycles. The number of halogens is 2. The number of anilines is 1. The van der Waals surface area contributed by atoms with Crippen LogP contribution in [0.2, 0.25) is 10.0 Å². The first kappa shape index (κ1) is 24.4. The summed E-state index contributed by atoms with van der Waals surface area (Å²) in [5.41, 5.74) is 1.16. The summed E-state index contributed by atoms with van der Waals surface area (Å²) in [6.45, 7) is 0. The lowest BCUT2D eigenvalue weighted by atomic mass is 10.1. The Morgan fingerprint density at radius 3 is 2.23 bits per heavy atom. The number of ether oxygens (including phenoxy) is 2. The van der Waals surface area contributed by atoms with Gasteiger partial charge in [-0.1, -0.05) is 35.3 Å². The Morgan fingerprint density at radius 2 is 1.60 bits per heavy atom. The van der Waals surface area contributed by atoms with Gasteiger partial charge in [-0.05, 0) is 78.5 Å². The first-order valence-corrected chi connectivity index (χ1v) is 11.3. The van der Waals surface area contributed by atoms with Crippen molar-refractivity contribution in [2.45, 2.75) is 0 Å². The first-order chi connectivity index (χ1) is 16.8. The number of esters is 1. The molecule has 0 aromatic heterocycles. The van der Waals surface area contributed by atoms with Gasteiger partial charge in [-0.3, -0.25) is 19.8 Å². The number of carbonyl (C=O) groups excluding carboxylic acids is 3. The average molecular weight is 527 g/mol. The molecule has 2 amide bonds. The van der Waals surface area contributed by atoms with E-state index in [4.69, 9.17) is 44.9 Å². The van der Waals surface area contributed by atoms with Crippen molar-refractivity contribution in [1.82, 2.24) is 5.32 Å². The number of methoxy groups -OCH3 is 1. The number of nitrogens with zero attached hydrogens (tertiary/aromatic N) is 1. The highest BCUT2D eigenvalue weighted by molar-refractivity contribution is 7.80. The largest absolute Gasteiger partial charge is 0.497 e. The molecule has 4 rings (SSSR count). The van der Waals surface area contributed by atoms with E-state index in [-0.39, 0.29) is 27.0 Å². The predicted molar refractivity (Wildman–Crippen MR) is 137 cm³/mol.